The first-order valence-corrected chi connectivity index (χ1v) is 11.7. The van der Waals surface area contributed by atoms with Crippen molar-refractivity contribution in [2.75, 3.05) is 12.4 Å². The maximum absolute atomic E-state index is 13.6. The van der Waals surface area contributed by atoms with Gasteiger partial charge in [0, 0.05) is 5.69 Å². The van der Waals surface area contributed by atoms with Gasteiger partial charge in [-0.25, -0.2) is 22.3 Å². The quantitative estimate of drug-likeness (QED) is 0.469. The number of rotatable bonds is 8. The first kappa shape index (κ1) is 25.6. The van der Waals surface area contributed by atoms with E-state index in [0.29, 0.717) is 16.8 Å². The fourth-order valence-electron chi connectivity index (χ4n) is 3.32. The molecule has 1 amide bonds. The second kappa shape index (κ2) is 10.5. The fourth-order valence-corrected chi connectivity index (χ4v) is 3.92. The van der Waals surface area contributed by atoms with Crippen LogP contribution in [0.2, 0.25) is 0 Å². The predicted octanol–water partition coefficient (Wildman–Crippen LogP) is 4.43. The predicted molar refractivity (Wildman–Crippen MR) is 124 cm³/mol. The lowest BCUT2D eigenvalue weighted by Gasteiger charge is -2.15. The molecule has 3 aromatic carbocycles. The van der Waals surface area contributed by atoms with E-state index in [1.54, 1.807) is 19.1 Å². The number of nitriles is 1. The number of carbonyl (C=O) groups excluding carboxylic acids is 1. The number of primary sulfonamides is 1. The molecule has 3 N–H and O–H groups in total. The Labute approximate surface area is 200 Å². The number of hydrogen-bond acceptors (Lipinski definition) is 6. The highest BCUT2D eigenvalue weighted by molar-refractivity contribution is 7.89. The van der Waals surface area contributed by atoms with E-state index in [2.05, 4.69) is 5.32 Å². The first-order chi connectivity index (χ1) is 16.5. The molecular weight excluding hydrogens is 480 g/mol. The van der Waals surface area contributed by atoms with Gasteiger partial charge in [0.25, 0.3) is 6.43 Å². The zero-order valence-corrected chi connectivity index (χ0v) is 19.5. The molecular formula is C24H21F2N3O5S. The van der Waals surface area contributed by atoms with E-state index in [4.69, 9.17) is 19.9 Å². The van der Waals surface area contributed by atoms with E-state index in [1.165, 1.54) is 55.6 Å². The Bertz CT molecular complexity index is 1420. The zero-order valence-electron chi connectivity index (χ0n) is 18.7. The molecule has 8 nitrogen and oxygen atoms in total. The van der Waals surface area contributed by atoms with Gasteiger partial charge >= 0.3 is 0 Å². The van der Waals surface area contributed by atoms with Crippen molar-refractivity contribution in [2.45, 2.75) is 24.7 Å². The third-order valence-corrected chi connectivity index (χ3v) is 5.93. The monoisotopic (exact) mass is 501 g/mol. The van der Waals surface area contributed by atoms with Gasteiger partial charge in [0.05, 0.1) is 35.6 Å². The van der Waals surface area contributed by atoms with Crippen molar-refractivity contribution >= 4 is 21.6 Å². The van der Waals surface area contributed by atoms with Crippen LogP contribution in [0.4, 0.5) is 14.5 Å². The molecule has 3 aromatic rings. The third-order valence-electron chi connectivity index (χ3n) is 5.02. The number of nitrogens with one attached hydrogen (secondary N) is 1. The summed E-state index contributed by atoms with van der Waals surface area (Å²) in [6, 6.07) is 14.4. The lowest BCUT2D eigenvalue weighted by Crippen LogP contribution is -2.16. The van der Waals surface area contributed by atoms with E-state index >= 15 is 0 Å². The summed E-state index contributed by atoms with van der Waals surface area (Å²) >= 11 is 0. The van der Waals surface area contributed by atoms with Crippen LogP contribution >= 0.6 is 0 Å². The molecule has 0 aromatic heterocycles. The first-order valence-electron chi connectivity index (χ1n) is 10.1. The van der Waals surface area contributed by atoms with Crippen LogP contribution in [-0.4, -0.2) is 21.4 Å². The number of aryl methyl sites for hydroxylation is 1. The number of carbonyl (C=O) groups is 1. The summed E-state index contributed by atoms with van der Waals surface area (Å²) in [6.45, 7) is 1.62. The lowest BCUT2D eigenvalue weighted by atomic mass is 10.1. The molecule has 0 unspecified atom stereocenters. The van der Waals surface area contributed by atoms with Crippen molar-refractivity contribution in [2.24, 2.45) is 5.14 Å². The second-order valence-electron chi connectivity index (χ2n) is 7.46. The molecule has 0 heterocycles. The molecule has 0 fully saturated rings. The highest BCUT2D eigenvalue weighted by atomic mass is 32.2. The zero-order chi connectivity index (χ0) is 25.8. The number of nitrogens with two attached hydrogens (primary N) is 1. The lowest BCUT2D eigenvalue weighted by molar-refractivity contribution is -0.115. The van der Waals surface area contributed by atoms with E-state index in [0.717, 1.165) is 0 Å². The van der Waals surface area contributed by atoms with Gasteiger partial charge < -0.3 is 14.8 Å². The number of ether oxygens (including phenoxy) is 2. The van der Waals surface area contributed by atoms with Gasteiger partial charge in [-0.2, -0.15) is 5.26 Å². The van der Waals surface area contributed by atoms with Gasteiger partial charge in [-0.1, -0.05) is 12.1 Å². The summed E-state index contributed by atoms with van der Waals surface area (Å²) in [5.74, 6) is -0.286. The molecule has 0 spiro atoms. The van der Waals surface area contributed by atoms with Gasteiger partial charge in [0.15, 0.2) is 11.5 Å². The Morgan fingerprint density at radius 3 is 2.46 bits per heavy atom. The van der Waals surface area contributed by atoms with E-state index in [1.807, 2.05) is 0 Å². The highest BCUT2D eigenvalue weighted by Crippen LogP contribution is 2.38. The Morgan fingerprint density at radius 2 is 1.86 bits per heavy atom. The SMILES string of the molecule is COc1ccc(CC(=O)Nc2ccc(S(N)(=O)=O)cc2C)cc1Oc1cccc(C#N)c1C(F)F. The summed E-state index contributed by atoms with van der Waals surface area (Å²) in [5.41, 5.74) is 0.643. The van der Waals surface area contributed by atoms with Crippen LogP contribution < -0.4 is 19.9 Å². The molecule has 3 rings (SSSR count). The van der Waals surface area contributed by atoms with Gasteiger partial charge in [-0.3, -0.25) is 4.79 Å². The maximum Gasteiger partial charge on any atom is 0.268 e. The molecule has 35 heavy (non-hydrogen) atoms. The molecule has 0 radical (unpaired) electrons. The summed E-state index contributed by atoms with van der Waals surface area (Å²) in [4.78, 5) is 12.5. The van der Waals surface area contributed by atoms with Crippen LogP contribution in [0.25, 0.3) is 0 Å². The van der Waals surface area contributed by atoms with Crippen LogP contribution in [0.1, 0.15) is 28.7 Å². The van der Waals surface area contributed by atoms with E-state index in [-0.39, 0.29) is 34.1 Å². The number of sulfonamides is 1. The normalized spacial score (nSPS) is 11.1. The molecule has 0 saturated carbocycles. The van der Waals surface area contributed by atoms with Gasteiger partial charge in [-0.05, 0) is 60.5 Å². The summed E-state index contributed by atoms with van der Waals surface area (Å²) in [6.07, 6.45) is -3.04. The molecule has 0 aliphatic carbocycles. The smallest absolute Gasteiger partial charge is 0.268 e. The van der Waals surface area contributed by atoms with E-state index in [9.17, 15) is 22.0 Å². The van der Waals surface area contributed by atoms with Gasteiger partial charge in [0.1, 0.15) is 5.75 Å². The highest BCUT2D eigenvalue weighted by Gasteiger charge is 2.21. The molecule has 0 aliphatic heterocycles. The number of methoxy groups -OCH3 is 1. The summed E-state index contributed by atoms with van der Waals surface area (Å²) < 4.78 is 61.1. The number of alkyl halides is 2. The van der Waals surface area contributed by atoms with E-state index < -0.39 is 27.9 Å². The van der Waals surface area contributed by atoms with Crippen LogP contribution in [0.15, 0.2) is 59.5 Å². The number of amides is 1. The van der Waals surface area contributed by atoms with Crippen molar-refractivity contribution in [1.82, 2.24) is 0 Å². The molecule has 11 heteroatoms. The molecule has 182 valence electrons. The molecule has 0 bridgehead atoms. The summed E-state index contributed by atoms with van der Waals surface area (Å²) in [5, 5.41) is 17.0. The largest absolute Gasteiger partial charge is 0.493 e. The number of benzene rings is 3. The van der Waals surface area contributed by atoms with Crippen LogP contribution in [0.5, 0.6) is 17.2 Å². The molecule has 0 saturated heterocycles. The van der Waals surface area contributed by atoms with Crippen molar-refractivity contribution in [3.8, 4) is 23.3 Å². The van der Waals surface area contributed by atoms with Crippen molar-refractivity contribution in [3.63, 3.8) is 0 Å². The molecule has 0 atom stereocenters. The minimum absolute atomic E-state index is 0.0754. The Hall–Kier alpha value is -4.01. The van der Waals surface area contributed by atoms with Crippen LogP contribution in [-0.2, 0) is 21.2 Å². The average Bonchev–Trinajstić information content (AvgIpc) is 2.79. The number of nitrogens with zero attached hydrogens (tertiary/aromatic N) is 1. The minimum Gasteiger partial charge on any atom is -0.493 e. The molecule has 0 aliphatic rings. The van der Waals surface area contributed by atoms with Crippen molar-refractivity contribution < 1.29 is 31.5 Å². The van der Waals surface area contributed by atoms with Crippen LogP contribution in [0.3, 0.4) is 0 Å². The Kier molecular flexibility index (Phi) is 7.68. The second-order valence-corrected chi connectivity index (χ2v) is 9.03. The summed E-state index contributed by atoms with van der Waals surface area (Å²) in [7, 11) is -2.50. The Morgan fingerprint density at radius 1 is 1.11 bits per heavy atom. The Balaban J connectivity index is 1.84. The maximum atomic E-state index is 13.6. The number of anilines is 1. The standard InChI is InChI=1S/C24H21F2N3O5S/c1-14-10-17(35(28,31)32)7-8-18(14)29-22(30)12-15-6-9-19(33-2)21(11-15)34-20-5-3-4-16(13-27)23(20)24(25)26/h3-11,24H,12H2,1-2H3,(H,29,30)(H2,28,31,32). The van der Waals surface area contributed by atoms with Crippen molar-refractivity contribution in [1.29, 1.82) is 5.26 Å². The fraction of sp³-hybridized carbons (Fsp3) is 0.167. The van der Waals surface area contributed by atoms with Gasteiger partial charge in [-0.15, -0.1) is 0 Å². The number of halogens is 2. The van der Waals surface area contributed by atoms with Gasteiger partial charge in [0.2, 0.25) is 15.9 Å². The third kappa shape index (κ3) is 6.11. The topological polar surface area (TPSA) is 132 Å². The number of hydrogen-bond donors (Lipinski definition) is 2. The van der Waals surface area contributed by atoms with Crippen molar-refractivity contribution in [3.05, 3.63) is 76.9 Å². The minimum atomic E-state index is -3.87. The van der Waals surface area contributed by atoms with Crippen LogP contribution in [0, 0.1) is 18.3 Å². The average molecular weight is 502 g/mol.